The minimum Gasteiger partial charge on any atom is -0.493 e. The highest BCUT2D eigenvalue weighted by molar-refractivity contribution is 7.97. The molecule has 7 heteroatoms. The van der Waals surface area contributed by atoms with Gasteiger partial charge in [-0.3, -0.25) is 4.72 Å². The third kappa shape index (κ3) is 5.02. The third-order valence-electron chi connectivity index (χ3n) is 3.81. The van der Waals surface area contributed by atoms with Crippen LogP contribution in [0.5, 0.6) is 11.5 Å². The van der Waals surface area contributed by atoms with Crippen molar-refractivity contribution >= 4 is 21.8 Å². The second-order valence-electron chi connectivity index (χ2n) is 5.89. The molecule has 0 aliphatic heterocycles. The fourth-order valence-corrected chi connectivity index (χ4v) is 3.54. The van der Waals surface area contributed by atoms with E-state index in [0.29, 0.717) is 29.4 Å². The number of allylic oxidation sites excluding steroid dienone is 1. The maximum absolute atomic E-state index is 12.6. The zero-order valence-corrected chi connectivity index (χ0v) is 16.6. The second kappa shape index (κ2) is 8.60. The summed E-state index contributed by atoms with van der Waals surface area (Å²) in [5.74, 6) is 1.01. The van der Waals surface area contributed by atoms with Crippen molar-refractivity contribution in [2.75, 3.05) is 18.4 Å². The first-order valence-corrected chi connectivity index (χ1v) is 9.81. The summed E-state index contributed by atoms with van der Waals surface area (Å²) in [5.41, 5.74) is 2.75. The highest BCUT2D eigenvalue weighted by atomic mass is 32.2. The third-order valence-corrected chi connectivity index (χ3v) is 5.09. The minimum atomic E-state index is -4.02. The summed E-state index contributed by atoms with van der Waals surface area (Å²) in [6.45, 7) is 6.05. The Labute approximate surface area is 160 Å². The van der Waals surface area contributed by atoms with Crippen molar-refractivity contribution in [3.63, 3.8) is 0 Å². The summed E-state index contributed by atoms with van der Waals surface area (Å²) in [4.78, 5) is -0.395. The summed E-state index contributed by atoms with van der Waals surface area (Å²) in [5, 5.41) is 9.39. The van der Waals surface area contributed by atoms with Gasteiger partial charge in [-0.25, -0.2) is 8.42 Å². The Balaban J connectivity index is 2.38. The topological polar surface area (TPSA) is 88.4 Å². The van der Waals surface area contributed by atoms with Crippen LogP contribution < -0.4 is 14.2 Å². The molecule has 6 nitrogen and oxygen atoms in total. The van der Waals surface area contributed by atoms with E-state index >= 15 is 0 Å². The molecule has 0 aromatic heterocycles. The molecule has 2 rings (SSSR count). The maximum atomic E-state index is 12.6. The van der Waals surface area contributed by atoms with E-state index in [1.54, 1.807) is 43.3 Å². The molecular formula is C20H22N2O4S. The molecule has 0 saturated carbocycles. The number of nitrogens with zero attached hydrogens (tertiary/aromatic N) is 1. The van der Waals surface area contributed by atoms with Crippen LogP contribution in [0.1, 0.15) is 23.6 Å². The summed E-state index contributed by atoms with van der Waals surface area (Å²) < 4.78 is 38.4. The van der Waals surface area contributed by atoms with Crippen LogP contribution in [0.15, 0.2) is 41.3 Å². The molecular weight excluding hydrogens is 364 g/mol. The molecule has 2 aromatic rings. The smallest absolute Gasteiger partial charge is 0.272 e. The van der Waals surface area contributed by atoms with E-state index < -0.39 is 14.9 Å². The number of ether oxygens (including phenoxy) is 2. The Bertz CT molecular complexity index is 1010. The van der Waals surface area contributed by atoms with Gasteiger partial charge in [0.05, 0.1) is 19.4 Å². The van der Waals surface area contributed by atoms with Gasteiger partial charge in [-0.05, 0) is 56.2 Å². The second-order valence-corrected chi connectivity index (χ2v) is 7.54. The number of rotatable bonds is 7. The quantitative estimate of drug-likeness (QED) is 0.726. The molecule has 0 fully saturated rings. The number of anilines is 1. The molecule has 0 aliphatic rings. The van der Waals surface area contributed by atoms with Crippen molar-refractivity contribution in [1.29, 1.82) is 5.26 Å². The van der Waals surface area contributed by atoms with Crippen LogP contribution in [0.25, 0.3) is 6.08 Å². The Morgan fingerprint density at radius 1 is 1.19 bits per heavy atom. The van der Waals surface area contributed by atoms with Gasteiger partial charge in [-0.2, -0.15) is 5.26 Å². The molecule has 0 spiro atoms. The van der Waals surface area contributed by atoms with Crippen LogP contribution >= 0.6 is 0 Å². The average molecular weight is 386 g/mol. The molecule has 1 N–H and O–H groups in total. The van der Waals surface area contributed by atoms with E-state index in [1.807, 2.05) is 19.9 Å². The summed E-state index contributed by atoms with van der Waals surface area (Å²) >= 11 is 0. The van der Waals surface area contributed by atoms with Gasteiger partial charge < -0.3 is 9.47 Å². The van der Waals surface area contributed by atoms with E-state index in [0.717, 1.165) is 11.1 Å². The van der Waals surface area contributed by atoms with Crippen LogP contribution in [-0.2, 0) is 10.0 Å². The van der Waals surface area contributed by atoms with Crippen LogP contribution in [0.2, 0.25) is 0 Å². The number of aryl methyl sites for hydroxylation is 2. The van der Waals surface area contributed by atoms with Crippen molar-refractivity contribution in [1.82, 2.24) is 0 Å². The Hall–Kier alpha value is -2.98. The summed E-state index contributed by atoms with van der Waals surface area (Å²) in [6.07, 6.45) is 1.30. The Morgan fingerprint density at radius 2 is 1.93 bits per heavy atom. The van der Waals surface area contributed by atoms with Crippen LogP contribution in [0.3, 0.4) is 0 Å². The number of nitrogens with one attached hydrogen (secondary N) is 1. The van der Waals surface area contributed by atoms with Gasteiger partial charge in [-0.1, -0.05) is 23.8 Å². The number of nitriles is 1. The molecule has 0 atom stereocenters. The monoisotopic (exact) mass is 386 g/mol. The first-order chi connectivity index (χ1) is 12.8. The largest absolute Gasteiger partial charge is 0.493 e. The minimum absolute atomic E-state index is 0.395. The molecule has 0 saturated heterocycles. The lowest BCUT2D eigenvalue weighted by atomic mass is 10.1. The van der Waals surface area contributed by atoms with E-state index in [9.17, 15) is 13.7 Å². The highest BCUT2D eigenvalue weighted by Crippen LogP contribution is 2.29. The molecule has 0 amide bonds. The van der Waals surface area contributed by atoms with Gasteiger partial charge in [0.25, 0.3) is 10.0 Å². The van der Waals surface area contributed by atoms with Crippen molar-refractivity contribution in [3.8, 4) is 17.6 Å². The molecule has 27 heavy (non-hydrogen) atoms. The van der Waals surface area contributed by atoms with Gasteiger partial charge in [-0.15, -0.1) is 0 Å². The van der Waals surface area contributed by atoms with Crippen molar-refractivity contribution in [3.05, 3.63) is 58.0 Å². The normalized spacial score (nSPS) is 11.6. The van der Waals surface area contributed by atoms with E-state index in [4.69, 9.17) is 9.47 Å². The molecule has 2 aromatic carbocycles. The van der Waals surface area contributed by atoms with Crippen LogP contribution in [0, 0.1) is 25.2 Å². The summed E-state index contributed by atoms with van der Waals surface area (Å²) in [7, 11) is -2.53. The molecule has 0 unspecified atom stereocenters. The van der Waals surface area contributed by atoms with Crippen molar-refractivity contribution in [2.24, 2.45) is 0 Å². The average Bonchev–Trinajstić information content (AvgIpc) is 2.63. The van der Waals surface area contributed by atoms with Gasteiger partial charge in [0.15, 0.2) is 16.4 Å². The van der Waals surface area contributed by atoms with E-state index in [1.165, 1.54) is 13.2 Å². The zero-order valence-electron chi connectivity index (χ0n) is 15.7. The van der Waals surface area contributed by atoms with Gasteiger partial charge in [0, 0.05) is 0 Å². The van der Waals surface area contributed by atoms with E-state index in [2.05, 4.69) is 4.72 Å². The van der Waals surface area contributed by atoms with Gasteiger partial charge >= 0.3 is 0 Å². The lowest BCUT2D eigenvalue weighted by Gasteiger charge is -2.11. The van der Waals surface area contributed by atoms with Gasteiger partial charge in [0.2, 0.25) is 0 Å². The lowest BCUT2D eigenvalue weighted by Crippen LogP contribution is -2.15. The molecule has 142 valence electrons. The molecule has 0 heterocycles. The predicted octanol–water partition coefficient (Wildman–Crippen LogP) is 4.02. The highest BCUT2D eigenvalue weighted by Gasteiger charge is 2.19. The van der Waals surface area contributed by atoms with E-state index in [-0.39, 0.29) is 0 Å². The number of hydrogen-bond acceptors (Lipinski definition) is 5. The number of sulfonamides is 1. The number of benzene rings is 2. The molecule has 0 radical (unpaired) electrons. The van der Waals surface area contributed by atoms with Crippen LogP contribution in [0.4, 0.5) is 5.69 Å². The number of hydrogen-bond donors (Lipinski definition) is 1. The number of methoxy groups -OCH3 is 1. The first-order valence-electron chi connectivity index (χ1n) is 8.33. The van der Waals surface area contributed by atoms with Crippen molar-refractivity contribution in [2.45, 2.75) is 20.8 Å². The maximum Gasteiger partial charge on any atom is 0.272 e. The summed E-state index contributed by atoms with van der Waals surface area (Å²) in [6, 6.07) is 12.1. The van der Waals surface area contributed by atoms with Crippen molar-refractivity contribution < 1.29 is 17.9 Å². The Morgan fingerprint density at radius 3 is 2.52 bits per heavy atom. The lowest BCUT2D eigenvalue weighted by molar-refractivity contribution is 0.311. The zero-order chi connectivity index (χ0) is 20.0. The van der Waals surface area contributed by atoms with Crippen LogP contribution in [-0.4, -0.2) is 22.1 Å². The SMILES string of the molecule is CCOc1ccc(C=C(C#N)S(=O)(=O)Nc2ccc(C)cc2C)cc1OC. The standard InChI is InChI=1S/C20H22N2O4S/c1-5-26-19-9-7-16(12-20(19)25-4)11-17(13-21)27(23,24)22-18-8-6-14(2)10-15(18)3/h6-12,22H,5H2,1-4H3. The molecule has 0 aliphatic carbocycles. The first kappa shape index (κ1) is 20.3. The fraction of sp³-hybridized carbons (Fsp3) is 0.250. The predicted molar refractivity (Wildman–Crippen MR) is 106 cm³/mol. The molecule has 0 bridgehead atoms. The Kier molecular flexibility index (Phi) is 6.48. The fourth-order valence-electron chi connectivity index (χ4n) is 2.50. The van der Waals surface area contributed by atoms with Gasteiger partial charge in [0.1, 0.15) is 6.07 Å².